The molecule has 0 aromatic carbocycles. The van der Waals surface area contributed by atoms with Crippen molar-refractivity contribution in [1.82, 2.24) is 0 Å². The van der Waals surface area contributed by atoms with Crippen LogP contribution >= 0.6 is 7.82 Å². The van der Waals surface area contributed by atoms with E-state index in [9.17, 15) is 19.0 Å². The number of nitrogens with zero attached hydrogens (tertiary/aromatic N) is 1. The summed E-state index contributed by atoms with van der Waals surface area (Å²) in [6.45, 7) is 4.47. The maximum Gasteiger partial charge on any atom is 0.472 e. The summed E-state index contributed by atoms with van der Waals surface area (Å²) in [5.41, 5.74) is 0. The summed E-state index contributed by atoms with van der Waals surface area (Å²) in [4.78, 5) is 35.5. The highest BCUT2D eigenvalue weighted by Gasteiger charge is 2.27. The molecule has 0 aliphatic rings. The fourth-order valence-electron chi connectivity index (χ4n) is 9.07. The first-order valence-electron chi connectivity index (χ1n) is 30.4. The minimum atomic E-state index is -4.37. The summed E-state index contributed by atoms with van der Waals surface area (Å²) in [5.74, 6) is -0.780. The van der Waals surface area contributed by atoms with Crippen molar-refractivity contribution < 1.29 is 42.1 Å². The van der Waals surface area contributed by atoms with Crippen LogP contribution in [0.3, 0.4) is 0 Å². The number of phosphoric acid groups is 1. The van der Waals surface area contributed by atoms with Gasteiger partial charge in [0.05, 0.1) is 27.7 Å². The number of unbranched alkanes of at least 4 members (excludes halogenated alkanes) is 41. The van der Waals surface area contributed by atoms with Crippen molar-refractivity contribution >= 4 is 19.8 Å². The number of likely N-dealkylation sites (N-methyl/N-ethyl adjacent to an activating group) is 1. The number of hydrogen-bond acceptors (Lipinski definition) is 7. The molecule has 1 N–H and O–H groups in total. The number of quaternary nitrogens is 1. The van der Waals surface area contributed by atoms with Crippen LogP contribution in [0, 0.1) is 0 Å². The Labute approximate surface area is 435 Å². The molecule has 2 unspecified atom stereocenters. The molecule has 0 aromatic rings. The van der Waals surface area contributed by atoms with Gasteiger partial charge in [-0.15, -0.1) is 0 Å². The summed E-state index contributed by atoms with van der Waals surface area (Å²) < 4.78 is 34.5. The van der Waals surface area contributed by atoms with E-state index in [1.807, 2.05) is 21.1 Å². The van der Waals surface area contributed by atoms with E-state index in [1.165, 1.54) is 244 Å². The normalized spacial score (nSPS) is 13.3. The highest BCUT2D eigenvalue weighted by molar-refractivity contribution is 7.47. The second kappa shape index (κ2) is 52.6. The van der Waals surface area contributed by atoms with Gasteiger partial charge in [0.1, 0.15) is 19.8 Å². The maximum atomic E-state index is 12.8. The minimum absolute atomic E-state index is 0.0363. The highest BCUT2D eigenvalue weighted by Crippen LogP contribution is 2.43. The van der Waals surface area contributed by atoms with E-state index in [1.54, 1.807) is 0 Å². The van der Waals surface area contributed by atoms with Crippen LogP contribution in [0.25, 0.3) is 0 Å². The summed E-state index contributed by atoms with van der Waals surface area (Å²) in [6.07, 6.45) is 61.8. The average molecular weight is 1010 g/mol. The first-order chi connectivity index (χ1) is 34.0. The third-order valence-electron chi connectivity index (χ3n) is 13.8. The standard InChI is InChI=1S/C60H118NO8P/c1-6-8-10-12-14-16-18-19-20-21-22-23-24-25-26-27-28-29-30-31-32-33-34-35-36-37-38-39-40-41-43-45-47-49-51-53-60(63)69-58(57-68-70(64,65)67-55-54-61(3,4)5)56-66-59(62)52-50-48-46-44-42-17-15-13-11-9-7-2/h21-22,58H,6-20,23-57H2,1-5H3/p+1/b22-21-. The lowest BCUT2D eigenvalue weighted by atomic mass is 10.0. The van der Waals surface area contributed by atoms with Crippen LogP contribution < -0.4 is 0 Å². The number of rotatable bonds is 57. The SMILES string of the molecule is CCCCCCCCCC/C=C\CCCCCCCCCCCCCCCCCCCCCCCCCC(=O)OC(COC(=O)CCCCCCCCCCCCC)COP(=O)(O)OCC[N+](C)(C)C. The van der Waals surface area contributed by atoms with Crippen molar-refractivity contribution in [3.63, 3.8) is 0 Å². The molecule has 0 spiro atoms. The summed E-state index contributed by atoms with van der Waals surface area (Å²) in [5, 5.41) is 0. The van der Waals surface area contributed by atoms with Gasteiger partial charge in [-0.2, -0.15) is 0 Å². The molecule has 0 aliphatic carbocycles. The molecule has 70 heavy (non-hydrogen) atoms. The molecule has 2 atom stereocenters. The van der Waals surface area contributed by atoms with Crippen molar-refractivity contribution in [1.29, 1.82) is 0 Å². The molecule has 0 aliphatic heterocycles. The van der Waals surface area contributed by atoms with Gasteiger partial charge < -0.3 is 18.9 Å². The third kappa shape index (κ3) is 56.1. The number of ether oxygens (including phenoxy) is 2. The summed E-state index contributed by atoms with van der Waals surface area (Å²) >= 11 is 0. The lowest BCUT2D eigenvalue weighted by Crippen LogP contribution is -2.37. The van der Waals surface area contributed by atoms with Crippen LogP contribution in [0.4, 0.5) is 0 Å². The number of carbonyl (C=O) groups is 2. The molecule has 0 fully saturated rings. The van der Waals surface area contributed by atoms with Gasteiger partial charge in [-0.05, 0) is 38.5 Å². The lowest BCUT2D eigenvalue weighted by Gasteiger charge is -2.24. The van der Waals surface area contributed by atoms with Crippen molar-refractivity contribution in [2.75, 3.05) is 47.5 Å². The van der Waals surface area contributed by atoms with Crippen LogP contribution in [-0.2, 0) is 32.7 Å². The molecule has 0 rings (SSSR count). The quantitative estimate of drug-likeness (QED) is 0.0211. The Kier molecular flexibility index (Phi) is 51.7. The smallest absolute Gasteiger partial charge is 0.462 e. The number of hydrogen-bond donors (Lipinski definition) is 1. The van der Waals surface area contributed by atoms with E-state index in [0.29, 0.717) is 17.4 Å². The van der Waals surface area contributed by atoms with Crippen molar-refractivity contribution in [3.8, 4) is 0 Å². The Bertz CT molecular complexity index is 1190. The molecule has 0 saturated heterocycles. The zero-order valence-electron chi connectivity index (χ0n) is 47.3. The van der Waals surface area contributed by atoms with E-state index in [-0.39, 0.29) is 25.6 Å². The summed E-state index contributed by atoms with van der Waals surface area (Å²) in [7, 11) is 1.50. The molecule has 0 bridgehead atoms. The van der Waals surface area contributed by atoms with Gasteiger partial charge in [-0.3, -0.25) is 18.6 Å². The molecule has 10 heteroatoms. The monoisotopic (exact) mass is 1010 g/mol. The van der Waals surface area contributed by atoms with E-state index in [2.05, 4.69) is 26.0 Å². The Morgan fingerprint density at radius 2 is 0.729 bits per heavy atom. The molecule has 0 heterocycles. The number of phosphoric ester groups is 1. The molecular weight excluding hydrogens is 894 g/mol. The second-order valence-corrected chi connectivity index (χ2v) is 23.6. The number of esters is 2. The van der Waals surface area contributed by atoms with Crippen molar-refractivity contribution in [3.05, 3.63) is 12.2 Å². The van der Waals surface area contributed by atoms with Gasteiger partial charge in [0.2, 0.25) is 0 Å². The maximum absolute atomic E-state index is 12.8. The fourth-order valence-corrected chi connectivity index (χ4v) is 9.81. The zero-order valence-corrected chi connectivity index (χ0v) is 48.2. The first-order valence-corrected chi connectivity index (χ1v) is 31.9. The zero-order chi connectivity index (χ0) is 51.3. The van der Waals surface area contributed by atoms with Crippen LogP contribution in [-0.4, -0.2) is 74.9 Å². The fraction of sp³-hybridized carbons (Fsp3) is 0.933. The van der Waals surface area contributed by atoms with E-state index in [0.717, 1.165) is 38.5 Å². The predicted molar refractivity (Wildman–Crippen MR) is 298 cm³/mol. The van der Waals surface area contributed by atoms with Crippen LogP contribution in [0.5, 0.6) is 0 Å². The molecule has 416 valence electrons. The Morgan fingerprint density at radius 3 is 1.06 bits per heavy atom. The van der Waals surface area contributed by atoms with Gasteiger partial charge in [-0.1, -0.05) is 270 Å². The molecule has 0 amide bonds. The molecule has 9 nitrogen and oxygen atoms in total. The van der Waals surface area contributed by atoms with Crippen LogP contribution in [0.1, 0.15) is 309 Å². The average Bonchev–Trinajstić information content (AvgIpc) is 3.32. The van der Waals surface area contributed by atoms with Gasteiger partial charge >= 0.3 is 19.8 Å². The Balaban J connectivity index is 3.88. The summed E-state index contributed by atoms with van der Waals surface area (Å²) in [6, 6.07) is 0. The minimum Gasteiger partial charge on any atom is -0.462 e. The first kappa shape index (κ1) is 68.8. The Morgan fingerprint density at radius 1 is 0.429 bits per heavy atom. The van der Waals surface area contributed by atoms with Crippen molar-refractivity contribution in [2.24, 2.45) is 0 Å². The number of carbonyl (C=O) groups excluding carboxylic acids is 2. The molecular formula is C60H119NO8P+. The van der Waals surface area contributed by atoms with Crippen LogP contribution in [0.2, 0.25) is 0 Å². The van der Waals surface area contributed by atoms with E-state index in [4.69, 9.17) is 18.5 Å². The number of allylic oxidation sites excluding steroid dienone is 2. The predicted octanol–water partition coefficient (Wildman–Crippen LogP) is 18.8. The largest absolute Gasteiger partial charge is 0.472 e. The van der Waals surface area contributed by atoms with Gasteiger partial charge in [-0.25, -0.2) is 4.57 Å². The highest BCUT2D eigenvalue weighted by atomic mass is 31.2. The Hall–Kier alpha value is -1.25. The second-order valence-electron chi connectivity index (χ2n) is 22.1. The molecule has 0 radical (unpaired) electrons. The van der Waals surface area contributed by atoms with Gasteiger partial charge in [0.25, 0.3) is 0 Å². The van der Waals surface area contributed by atoms with Gasteiger partial charge in [0.15, 0.2) is 6.10 Å². The molecule has 0 aromatic heterocycles. The topological polar surface area (TPSA) is 108 Å². The lowest BCUT2D eigenvalue weighted by molar-refractivity contribution is -0.870. The molecule has 0 saturated carbocycles. The van der Waals surface area contributed by atoms with E-state index >= 15 is 0 Å². The van der Waals surface area contributed by atoms with Gasteiger partial charge in [0, 0.05) is 12.8 Å². The third-order valence-corrected chi connectivity index (χ3v) is 14.8. The van der Waals surface area contributed by atoms with Crippen LogP contribution in [0.15, 0.2) is 12.2 Å². The van der Waals surface area contributed by atoms with E-state index < -0.39 is 26.5 Å². The van der Waals surface area contributed by atoms with Crippen molar-refractivity contribution in [2.45, 2.75) is 315 Å².